The Morgan fingerprint density at radius 3 is 2.83 bits per heavy atom. The van der Waals surface area contributed by atoms with E-state index in [9.17, 15) is 9.90 Å². The van der Waals surface area contributed by atoms with E-state index >= 15 is 0 Å². The molecule has 5 heteroatoms. The summed E-state index contributed by atoms with van der Waals surface area (Å²) in [5, 5.41) is 12.4. The topological polar surface area (TPSA) is 53.0 Å². The van der Waals surface area contributed by atoms with Crippen LogP contribution in [-0.4, -0.2) is 64.7 Å². The predicted molar refractivity (Wildman–Crippen MR) is 140 cm³/mol. The lowest BCUT2D eigenvalue weighted by Crippen LogP contribution is -2.78. The van der Waals surface area contributed by atoms with Gasteiger partial charge < -0.3 is 19.6 Å². The van der Waals surface area contributed by atoms with Crippen LogP contribution in [0, 0.1) is 24.7 Å². The minimum atomic E-state index is -0.861. The Hall–Kier alpha value is -2.81. The van der Waals surface area contributed by atoms with Crippen molar-refractivity contribution in [1.29, 1.82) is 0 Å². The van der Waals surface area contributed by atoms with Gasteiger partial charge in [0.2, 0.25) is 0 Å². The van der Waals surface area contributed by atoms with Crippen LogP contribution in [0.1, 0.15) is 55.4 Å². The molecule has 0 aromatic heterocycles. The summed E-state index contributed by atoms with van der Waals surface area (Å²) in [6.45, 7) is 7.84. The number of likely N-dealkylation sites (N-methyl/N-ethyl adjacent to an activating group) is 1. The minimum absolute atomic E-state index is 0.0644. The van der Waals surface area contributed by atoms with E-state index < -0.39 is 11.0 Å². The molecule has 1 N–H and O–H groups in total. The van der Waals surface area contributed by atoms with Gasteiger partial charge in [-0.05, 0) is 81.4 Å². The van der Waals surface area contributed by atoms with E-state index in [-0.39, 0.29) is 24.1 Å². The fourth-order valence-corrected chi connectivity index (χ4v) is 7.70. The summed E-state index contributed by atoms with van der Waals surface area (Å²) >= 11 is 0. The number of hydrogen-bond acceptors (Lipinski definition) is 4. The second kappa shape index (κ2) is 8.36. The Morgan fingerprint density at radius 2 is 2.06 bits per heavy atom. The molecule has 36 heavy (non-hydrogen) atoms. The van der Waals surface area contributed by atoms with Gasteiger partial charge in [-0.1, -0.05) is 44.0 Å². The van der Waals surface area contributed by atoms with Crippen molar-refractivity contribution in [3.05, 3.63) is 64.7 Å². The third-order valence-electron chi connectivity index (χ3n) is 9.15. The molecule has 5 nitrogen and oxygen atoms in total. The molecule has 6 rings (SSSR count). The van der Waals surface area contributed by atoms with E-state index in [1.807, 2.05) is 42.2 Å². The van der Waals surface area contributed by atoms with Crippen LogP contribution in [0.4, 0.5) is 0 Å². The highest BCUT2D eigenvalue weighted by atomic mass is 16.5. The molecule has 1 saturated heterocycles. The quantitative estimate of drug-likeness (QED) is 0.676. The van der Waals surface area contributed by atoms with Gasteiger partial charge in [0.05, 0.1) is 17.1 Å². The van der Waals surface area contributed by atoms with E-state index in [0.29, 0.717) is 25.3 Å². The molecule has 2 aromatic carbocycles. The first-order valence-electron chi connectivity index (χ1n) is 13.4. The standard InChI is InChI=1S/C31H36N2O3/c1-20(2)19-33(27(34)12-11-22-8-5-7-21(3)17-22)24-13-14-31(35)26-18-23-9-6-10-25-28(23)30(31,29(24)36-25)15-16-32(26)4/h5-10,17,20,24,26,29,35H,13-16,18-19H2,1-4H3/t24-,26-,29+,30+,31-/m1/s1. The van der Waals surface area contributed by atoms with E-state index in [0.717, 1.165) is 36.3 Å². The number of piperidine rings is 1. The summed E-state index contributed by atoms with van der Waals surface area (Å²) < 4.78 is 6.76. The molecule has 2 aromatic rings. The highest BCUT2D eigenvalue weighted by Gasteiger charge is 2.72. The number of nitrogens with zero attached hydrogens (tertiary/aromatic N) is 2. The van der Waals surface area contributed by atoms with Crippen LogP contribution in [0.3, 0.4) is 0 Å². The SMILES string of the molecule is Cc1cccc(C#CC(=O)N(CC(C)C)[C@@H]2CC[C@@]3(O)[C@H]4Cc5cccc6c5[C@@]3(CCN4C)[C@H]2O6)c1. The number of aryl methyl sites for hydroxylation is 1. The van der Waals surface area contributed by atoms with Crippen LogP contribution in [0.2, 0.25) is 0 Å². The summed E-state index contributed by atoms with van der Waals surface area (Å²) in [6, 6.07) is 14.2. The van der Waals surface area contributed by atoms with Crippen molar-refractivity contribution in [3.63, 3.8) is 0 Å². The maximum atomic E-state index is 13.7. The van der Waals surface area contributed by atoms with Gasteiger partial charge in [-0.25, -0.2) is 0 Å². The molecule has 1 amide bonds. The fraction of sp³-hybridized carbons (Fsp3) is 0.516. The molecular formula is C31H36N2O3. The van der Waals surface area contributed by atoms with Crippen LogP contribution in [-0.2, 0) is 16.6 Å². The number of carbonyl (C=O) groups excluding carboxylic acids is 1. The second-order valence-corrected chi connectivity index (χ2v) is 11.8. The van der Waals surface area contributed by atoms with Gasteiger partial charge in [0.25, 0.3) is 5.91 Å². The summed E-state index contributed by atoms with van der Waals surface area (Å²) in [4.78, 5) is 18.0. The number of rotatable bonds is 3. The molecule has 4 aliphatic rings. The molecule has 2 heterocycles. The lowest BCUT2D eigenvalue weighted by Gasteiger charge is -2.64. The lowest BCUT2D eigenvalue weighted by atomic mass is 9.48. The van der Waals surface area contributed by atoms with Gasteiger partial charge in [0.15, 0.2) is 0 Å². The average molecular weight is 485 g/mol. The monoisotopic (exact) mass is 484 g/mol. The third kappa shape index (κ3) is 3.27. The van der Waals surface area contributed by atoms with Gasteiger partial charge in [-0.3, -0.25) is 4.79 Å². The number of aliphatic hydroxyl groups is 1. The Labute approximate surface area is 214 Å². The number of carbonyl (C=O) groups is 1. The van der Waals surface area contributed by atoms with Crippen LogP contribution in [0.25, 0.3) is 0 Å². The lowest BCUT2D eigenvalue weighted by molar-refractivity contribution is -0.197. The van der Waals surface area contributed by atoms with Gasteiger partial charge >= 0.3 is 0 Å². The van der Waals surface area contributed by atoms with Crippen molar-refractivity contribution >= 4 is 5.91 Å². The van der Waals surface area contributed by atoms with Crippen LogP contribution >= 0.6 is 0 Å². The molecule has 2 bridgehead atoms. The molecule has 1 spiro atoms. The smallest absolute Gasteiger partial charge is 0.299 e. The maximum Gasteiger partial charge on any atom is 0.299 e. The number of hydrogen-bond donors (Lipinski definition) is 1. The minimum Gasteiger partial charge on any atom is -0.487 e. The van der Waals surface area contributed by atoms with Crippen molar-refractivity contribution in [1.82, 2.24) is 9.80 Å². The first-order valence-corrected chi connectivity index (χ1v) is 13.4. The second-order valence-electron chi connectivity index (χ2n) is 11.8. The van der Waals surface area contributed by atoms with E-state index in [1.54, 1.807) is 0 Å². The molecule has 2 fully saturated rings. The predicted octanol–water partition coefficient (Wildman–Crippen LogP) is 3.68. The highest BCUT2D eigenvalue weighted by molar-refractivity contribution is 5.94. The molecule has 2 aliphatic heterocycles. The summed E-state index contributed by atoms with van der Waals surface area (Å²) in [5.74, 6) is 7.08. The molecule has 1 saturated carbocycles. The fourth-order valence-electron chi connectivity index (χ4n) is 7.70. The van der Waals surface area contributed by atoms with Crippen molar-refractivity contribution in [2.45, 2.75) is 75.7 Å². The molecule has 5 atom stereocenters. The number of likely N-dealkylation sites (tertiary alicyclic amines) is 1. The Kier molecular flexibility index (Phi) is 5.48. The van der Waals surface area contributed by atoms with Gasteiger partial charge in [0.1, 0.15) is 11.9 Å². The van der Waals surface area contributed by atoms with Gasteiger partial charge in [0, 0.05) is 29.6 Å². The summed E-state index contributed by atoms with van der Waals surface area (Å²) in [6.07, 6.45) is 2.77. The van der Waals surface area contributed by atoms with Crippen LogP contribution < -0.4 is 4.74 Å². The van der Waals surface area contributed by atoms with Crippen molar-refractivity contribution < 1.29 is 14.6 Å². The van der Waals surface area contributed by atoms with Crippen molar-refractivity contribution in [3.8, 4) is 17.6 Å². The van der Waals surface area contributed by atoms with Crippen molar-refractivity contribution in [2.24, 2.45) is 5.92 Å². The van der Waals surface area contributed by atoms with Gasteiger partial charge in [-0.15, -0.1) is 0 Å². The first kappa shape index (κ1) is 23.6. The summed E-state index contributed by atoms with van der Waals surface area (Å²) in [5.41, 5.74) is 3.12. The Balaban J connectivity index is 1.41. The van der Waals surface area contributed by atoms with Gasteiger partial charge in [-0.2, -0.15) is 0 Å². The Bertz CT molecular complexity index is 1280. The van der Waals surface area contributed by atoms with Crippen LogP contribution in [0.15, 0.2) is 42.5 Å². The molecule has 2 aliphatic carbocycles. The van der Waals surface area contributed by atoms with Crippen LogP contribution in [0.5, 0.6) is 5.75 Å². The zero-order chi connectivity index (χ0) is 25.2. The molecule has 0 radical (unpaired) electrons. The molecular weight excluding hydrogens is 448 g/mol. The number of ether oxygens (including phenoxy) is 1. The largest absolute Gasteiger partial charge is 0.487 e. The Morgan fingerprint density at radius 1 is 1.25 bits per heavy atom. The highest BCUT2D eigenvalue weighted by Crippen LogP contribution is 2.64. The van der Waals surface area contributed by atoms with E-state index in [1.165, 1.54) is 11.1 Å². The van der Waals surface area contributed by atoms with E-state index in [4.69, 9.17) is 4.74 Å². The molecule has 188 valence electrons. The van der Waals surface area contributed by atoms with Crippen molar-refractivity contribution in [2.75, 3.05) is 20.1 Å². The average Bonchev–Trinajstić information content (AvgIpc) is 3.18. The maximum absolute atomic E-state index is 13.7. The zero-order valence-corrected chi connectivity index (χ0v) is 21.8. The molecule has 0 unspecified atom stereocenters. The normalized spacial score (nSPS) is 31.8. The zero-order valence-electron chi connectivity index (χ0n) is 21.8. The first-order chi connectivity index (χ1) is 17.2. The summed E-state index contributed by atoms with van der Waals surface area (Å²) in [7, 11) is 2.14. The number of amides is 1. The number of benzene rings is 2. The van der Waals surface area contributed by atoms with E-state index in [2.05, 4.69) is 49.8 Å². The third-order valence-corrected chi connectivity index (χ3v) is 9.15.